The second kappa shape index (κ2) is 25.0. The second-order valence-corrected chi connectivity index (χ2v) is 9.34. The van der Waals surface area contributed by atoms with Gasteiger partial charge in [0.2, 0.25) is 0 Å². The Kier molecular flexibility index (Phi) is 29.6. The first-order valence-electron chi connectivity index (χ1n) is 12.0. The van der Waals surface area contributed by atoms with Gasteiger partial charge in [-0.1, -0.05) is 112 Å². The number of hydrogen-bond acceptors (Lipinski definition) is 4. The Hall–Kier alpha value is 0.707. The minimum Gasteiger partial charge on any atom is -0.756 e. The van der Waals surface area contributed by atoms with Crippen LogP contribution in [0.4, 0.5) is 0 Å². The third-order valence-electron chi connectivity index (χ3n) is 5.23. The molecule has 0 aliphatic carbocycles. The molecule has 0 aliphatic heterocycles. The van der Waals surface area contributed by atoms with Gasteiger partial charge in [0.1, 0.15) is 0 Å². The predicted octanol–water partition coefficient (Wildman–Crippen LogP) is 4.90. The average molecular weight is 429 g/mol. The zero-order valence-electron chi connectivity index (χ0n) is 20.8. The number of unbranched alkanes of at least 4 members (excludes halogenated alkanes) is 6. The van der Waals surface area contributed by atoms with E-state index in [-0.39, 0.29) is 32.1 Å². The summed E-state index contributed by atoms with van der Waals surface area (Å²) in [5.74, 6) is 0.607. The zero-order valence-corrected chi connectivity index (χ0v) is 21.7. The number of phosphoric ester groups is 1. The predicted molar refractivity (Wildman–Crippen MR) is 121 cm³/mol. The fourth-order valence-electron chi connectivity index (χ4n) is 2.90. The zero-order chi connectivity index (χ0) is 21.7. The standard InChI is InChI=1S/C16H35O4P.C7H16.Li/c1-5-9-11-15(7-3)13-19-21(17,18)20-14-16(8-4)12-10-6-2;1-3-5-7-6-4-2;/h15-16H,5-14H2,1-4H3,(H,17,18);3-7H2,1-2H3;/q;;+1/p-1. The summed E-state index contributed by atoms with van der Waals surface area (Å²) in [6, 6.07) is 0. The third kappa shape index (κ3) is 24.8. The summed E-state index contributed by atoms with van der Waals surface area (Å²) in [5.41, 5.74) is 0. The Morgan fingerprint density at radius 2 is 1.00 bits per heavy atom. The molecular formula is C23H50LiO4P. The maximum atomic E-state index is 11.8. The van der Waals surface area contributed by atoms with Gasteiger partial charge in [-0.2, -0.15) is 0 Å². The van der Waals surface area contributed by atoms with Gasteiger partial charge >= 0.3 is 18.9 Å². The molecule has 0 spiro atoms. The van der Waals surface area contributed by atoms with Crippen LogP contribution in [0, 0.1) is 11.8 Å². The summed E-state index contributed by atoms with van der Waals surface area (Å²) in [6.45, 7) is 13.4. The second-order valence-electron chi connectivity index (χ2n) is 7.93. The molecule has 0 amide bonds. The van der Waals surface area contributed by atoms with Crippen LogP contribution in [0.5, 0.6) is 0 Å². The SMILES string of the molecule is CCCCC(CC)COP(=O)([O-])OCC(CC)CCCC.CCCCCCC.[Li+]. The van der Waals surface area contributed by atoms with Crippen LogP contribution in [-0.2, 0) is 13.6 Å². The van der Waals surface area contributed by atoms with Crippen molar-refractivity contribution in [1.82, 2.24) is 0 Å². The largest absolute Gasteiger partial charge is 1.00 e. The van der Waals surface area contributed by atoms with Gasteiger partial charge in [-0.25, -0.2) is 0 Å². The van der Waals surface area contributed by atoms with Crippen molar-refractivity contribution >= 4 is 7.82 Å². The number of hydrogen-bond donors (Lipinski definition) is 0. The molecule has 0 N–H and O–H groups in total. The van der Waals surface area contributed by atoms with Gasteiger partial charge in [-0.3, -0.25) is 4.57 Å². The van der Waals surface area contributed by atoms with Crippen LogP contribution in [0.25, 0.3) is 0 Å². The van der Waals surface area contributed by atoms with E-state index in [2.05, 4.69) is 41.5 Å². The normalized spacial score (nSPS) is 14.9. The van der Waals surface area contributed by atoms with Crippen molar-refractivity contribution in [3.8, 4) is 0 Å². The van der Waals surface area contributed by atoms with Crippen molar-refractivity contribution in [3.05, 3.63) is 0 Å². The van der Waals surface area contributed by atoms with E-state index in [1.165, 1.54) is 32.1 Å². The molecule has 0 aromatic carbocycles. The van der Waals surface area contributed by atoms with Crippen molar-refractivity contribution in [2.45, 2.75) is 125 Å². The molecule has 0 radical (unpaired) electrons. The van der Waals surface area contributed by atoms with Crippen LogP contribution < -0.4 is 23.8 Å². The fourth-order valence-corrected chi connectivity index (χ4v) is 3.76. The van der Waals surface area contributed by atoms with Crippen LogP contribution in [0.1, 0.15) is 125 Å². The van der Waals surface area contributed by atoms with Crippen molar-refractivity contribution in [1.29, 1.82) is 0 Å². The summed E-state index contributed by atoms with van der Waals surface area (Å²) in [6.07, 6.45) is 15.4. The molecule has 4 nitrogen and oxygen atoms in total. The molecule has 0 saturated heterocycles. The van der Waals surface area contributed by atoms with Gasteiger partial charge < -0.3 is 13.9 Å². The summed E-state index contributed by atoms with van der Waals surface area (Å²) in [4.78, 5) is 11.8. The van der Waals surface area contributed by atoms with Crippen LogP contribution in [-0.4, -0.2) is 13.2 Å². The van der Waals surface area contributed by atoms with E-state index in [0.29, 0.717) is 11.8 Å². The monoisotopic (exact) mass is 428 g/mol. The van der Waals surface area contributed by atoms with Crippen molar-refractivity contribution in [2.24, 2.45) is 11.8 Å². The van der Waals surface area contributed by atoms with Gasteiger partial charge in [0.15, 0.2) is 0 Å². The summed E-state index contributed by atoms with van der Waals surface area (Å²) in [5, 5.41) is 0. The van der Waals surface area contributed by atoms with Crippen LogP contribution >= 0.6 is 7.82 Å². The molecule has 2 unspecified atom stereocenters. The van der Waals surface area contributed by atoms with Gasteiger partial charge in [0.25, 0.3) is 7.82 Å². The average Bonchev–Trinajstić information content (AvgIpc) is 2.69. The Bertz CT molecular complexity index is 328. The van der Waals surface area contributed by atoms with Crippen LogP contribution in [0.15, 0.2) is 0 Å². The molecule has 0 fully saturated rings. The van der Waals surface area contributed by atoms with Gasteiger partial charge in [-0.05, 0) is 24.7 Å². The first kappa shape index (κ1) is 34.3. The Balaban J connectivity index is -0.000000721. The topological polar surface area (TPSA) is 58.6 Å². The van der Waals surface area contributed by atoms with Crippen LogP contribution in [0.3, 0.4) is 0 Å². The molecule has 2 atom stereocenters. The Morgan fingerprint density at radius 1 is 0.655 bits per heavy atom. The third-order valence-corrected chi connectivity index (χ3v) is 6.16. The summed E-state index contributed by atoms with van der Waals surface area (Å²) >= 11 is 0. The van der Waals surface area contributed by atoms with Crippen molar-refractivity contribution in [3.63, 3.8) is 0 Å². The molecule has 6 heteroatoms. The smallest absolute Gasteiger partial charge is 0.756 e. The Morgan fingerprint density at radius 3 is 1.28 bits per heavy atom. The molecular weight excluding hydrogens is 378 g/mol. The van der Waals surface area contributed by atoms with Gasteiger partial charge in [0, 0.05) is 0 Å². The maximum absolute atomic E-state index is 11.8. The van der Waals surface area contributed by atoms with E-state index < -0.39 is 7.82 Å². The van der Waals surface area contributed by atoms with E-state index in [1.807, 2.05) is 0 Å². The molecule has 0 aromatic rings. The first-order chi connectivity index (χ1) is 13.4. The minimum atomic E-state index is -4.14. The molecule has 29 heavy (non-hydrogen) atoms. The molecule has 0 aromatic heterocycles. The van der Waals surface area contributed by atoms with Crippen LogP contribution in [0.2, 0.25) is 0 Å². The molecule has 0 heterocycles. The minimum absolute atomic E-state index is 0. The first-order valence-corrected chi connectivity index (χ1v) is 13.5. The van der Waals surface area contributed by atoms with Gasteiger partial charge in [-0.15, -0.1) is 0 Å². The molecule has 0 bridgehead atoms. The summed E-state index contributed by atoms with van der Waals surface area (Å²) < 4.78 is 21.9. The molecule has 0 rings (SSSR count). The van der Waals surface area contributed by atoms with E-state index >= 15 is 0 Å². The van der Waals surface area contributed by atoms with E-state index in [9.17, 15) is 9.46 Å². The fraction of sp³-hybridized carbons (Fsp3) is 1.00. The van der Waals surface area contributed by atoms with E-state index in [0.717, 1.165) is 51.4 Å². The van der Waals surface area contributed by atoms with Crippen molar-refractivity contribution in [2.75, 3.05) is 13.2 Å². The quantitative estimate of drug-likeness (QED) is 0.177. The molecule has 172 valence electrons. The van der Waals surface area contributed by atoms with Gasteiger partial charge in [0.05, 0.1) is 13.2 Å². The van der Waals surface area contributed by atoms with E-state index in [1.54, 1.807) is 0 Å². The van der Waals surface area contributed by atoms with E-state index in [4.69, 9.17) is 9.05 Å². The Labute approximate surface area is 195 Å². The van der Waals surface area contributed by atoms with Crippen molar-refractivity contribution < 1.29 is 37.4 Å². The summed E-state index contributed by atoms with van der Waals surface area (Å²) in [7, 11) is -4.14. The number of phosphoric acid groups is 1. The molecule has 0 saturated carbocycles. The number of rotatable bonds is 18. The molecule has 0 aliphatic rings. The maximum Gasteiger partial charge on any atom is 1.00 e.